The molecule has 2 aromatic heterocycles. The third kappa shape index (κ3) is 1.87. The molecule has 0 unspecified atom stereocenters. The van der Waals surface area contributed by atoms with E-state index < -0.39 is 5.95 Å². The fourth-order valence-electron chi connectivity index (χ4n) is 1.17. The van der Waals surface area contributed by atoms with Crippen LogP contribution >= 0.6 is 0 Å². The van der Waals surface area contributed by atoms with Gasteiger partial charge in [0.05, 0.1) is 12.2 Å². The minimum atomic E-state index is -0.484. The summed E-state index contributed by atoms with van der Waals surface area (Å²) in [5, 5.41) is 3.97. The fourth-order valence-corrected chi connectivity index (χ4v) is 1.17. The Kier molecular flexibility index (Phi) is 2.14. The second-order valence-electron chi connectivity index (χ2n) is 2.89. The van der Waals surface area contributed by atoms with Crippen molar-refractivity contribution in [3.63, 3.8) is 0 Å². The summed E-state index contributed by atoms with van der Waals surface area (Å²) in [6, 6.07) is 6.34. The van der Waals surface area contributed by atoms with Gasteiger partial charge >= 0.3 is 0 Å². The lowest BCUT2D eigenvalue weighted by Gasteiger charge is -2.00. The highest BCUT2D eigenvalue weighted by Crippen LogP contribution is 2.02. The highest BCUT2D eigenvalue weighted by molar-refractivity contribution is 5.24. The van der Waals surface area contributed by atoms with Crippen molar-refractivity contribution in [1.82, 2.24) is 14.8 Å². The largest absolute Gasteiger partial charge is 0.382 e. The van der Waals surface area contributed by atoms with Crippen LogP contribution in [-0.2, 0) is 6.54 Å². The average molecular weight is 192 g/mol. The zero-order chi connectivity index (χ0) is 9.97. The molecule has 2 heterocycles. The molecule has 0 radical (unpaired) electrons. The van der Waals surface area contributed by atoms with Gasteiger partial charge in [-0.15, -0.1) is 0 Å². The van der Waals surface area contributed by atoms with Crippen LogP contribution in [-0.4, -0.2) is 14.8 Å². The fraction of sp³-hybridized carbons (Fsp3) is 0.111. The summed E-state index contributed by atoms with van der Waals surface area (Å²) >= 11 is 0. The van der Waals surface area contributed by atoms with Gasteiger partial charge in [-0.2, -0.15) is 9.49 Å². The van der Waals surface area contributed by atoms with E-state index in [0.29, 0.717) is 18.1 Å². The van der Waals surface area contributed by atoms with Gasteiger partial charge in [0.1, 0.15) is 5.82 Å². The van der Waals surface area contributed by atoms with Gasteiger partial charge < -0.3 is 5.73 Å². The molecule has 0 aromatic carbocycles. The van der Waals surface area contributed by atoms with E-state index in [-0.39, 0.29) is 0 Å². The molecule has 0 saturated carbocycles. The number of anilines is 1. The monoisotopic (exact) mass is 192 g/mol. The predicted octanol–water partition coefficient (Wildman–Crippen LogP) is 1.05. The van der Waals surface area contributed by atoms with E-state index in [1.165, 1.54) is 6.07 Å². The minimum Gasteiger partial charge on any atom is -0.382 e. The van der Waals surface area contributed by atoms with E-state index in [0.717, 1.165) is 0 Å². The topological polar surface area (TPSA) is 56.7 Å². The summed E-state index contributed by atoms with van der Waals surface area (Å²) in [4.78, 5) is 3.71. The molecule has 72 valence electrons. The summed E-state index contributed by atoms with van der Waals surface area (Å²) in [6.07, 6.45) is 1.72. The SMILES string of the molecule is Nc1ccn(Cc2cccc(F)n2)n1. The number of nitrogens with zero attached hydrogens (tertiary/aromatic N) is 3. The first-order valence-corrected chi connectivity index (χ1v) is 4.14. The number of nitrogen functional groups attached to an aromatic ring is 1. The van der Waals surface area contributed by atoms with E-state index in [2.05, 4.69) is 10.1 Å². The van der Waals surface area contributed by atoms with Crippen molar-refractivity contribution in [3.8, 4) is 0 Å². The Bertz CT molecular complexity index is 438. The summed E-state index contributed by atoms with van der Waals surface area (Å²) in [5.41, 5.74) is 6.05. The Morgan fingerprint density at radius 2 is 2.21 bits per heavy atom. The third-order valence-corrected chi connectivity index (χ3v) is 1.76. The van der Waals surface area contributed by atoms with Gasteiger partial charge in [0, 0.05) is 6.20 Å². The maximum atomic E-state index is 12.7. The first kappa shape index (κ1) is 8.68. The highest BCUT2D eigenvalue weighted by atomic mass is 19.1. The molecule has 0 aliphatic rings. The zero-order valence-electron chi connectivity index (χ0n) is 7.39. The van der Waals surface area contributed by atoms with Gasteiger partial charge in [0.2, 0.25) is 5.95 Å². The maximum Gasteiger partial charge on any atom is 0.213 e. The molecule has 0 bridgehead atoms. The average Bonchev–Trinajstić information content (AvgIpc) is 2.51. The van der Waals surface area contributed by atoms with Crippen LogP contribution in [0.3, 0.4) is 0 Å². The van der Waals surface area contributed by atoms with Crippen molar-refractivity contribution in [2.45, 2.75) is 6.54 Å². The molecule has 2 rings (SSSR count). The molecule has 0 spiro atoms. The highest BCUT2D eigenvalue weighted by Gasteiger charge is 1.99. The maximum absolute atomic E-state index is 12.7. The van der Waals surface area contributed by atoms with Crippen molar-refractivity contribution < 1.29 is 4.39 Å². The zero-order valence-corrected chi connectivity index (χ0v) is 7.39. The van der Waals surface area contributed by atoms with E-state index >= 15 is 0 Å². The van der Waals surface area contributed by atoms with Gasteiger partial charge in [-0.1, -0.05) is 6.07 Å². The molecule has 14 heavy (non-hydrogen) atoms. The van der Waals surface area contributed by atoms with Crippen LogP contribution < -0.4 is 5.73 Å². The van der Waals surface area contributed by atoms with Crippen molar-refractivity contribution in [3.05, 3.63) is 42.1 Å². The third-order valence-electron chi connectivity index (χ3n) is 1.76. The molecule has 0 fully saturated rings. The lowest BCUT2D eigenvalue weighted by atomic mass is 10.3. The summed E-state index contributed by atoms with van der Waals surface area (Å²) in [5.74, 6) is -0.0379. The smallest absolute Gasteiger partial charge is 0.213 e. The molecular weight excluding hydrogens is 183 g/mol. The Labute approximate surface area is 80.2 Å². The van der Waals surface area contributed by atoms with Gasteiger partial charge in [0.15, 0.2) is 0 Å². The standard InChI is InChI=1S/C9H9FN4/c10-8-3-1-2-7(12-8)6-14-5-4-9(11)13-14/h1-5H,6H2,(H2,11,13). The quantitative estimate of drug-likeness (QED) is 0.723. The van der Waals surface area contributed by atoms with Crippen molar-refractivity contribution in [2.75, 3.05) is 5.73 Å². The van der Waals surface area contributed by atoms with Gasteiger partial charge in [-0.25, -0.2) is 4.98 Å². The molecule has 4 nitrogen and oxygen atoms in total. The molecule has 0 saturated heterocycles. The van der Waals surface area contributed by atoms with Crippen LogP contribution in [0.2, 0.25) is 0 Å². The number of aromatic nitrogens is 3. The van der Waals surface area contributed by atoms with Gasteiger partial charge in [0.25, 0.3) is 0 Å². The number of nitrogens with two attached hydrogens (primary N) is 1. The predicted molar refractivity (Wildman–Crippen MR) is 49.9 cm³/mol. The first-order chi connectivity index (χ1) is 6.74. The number of rotatable bonds is 2. The molecular formula is C9H9FN4. The van der Waals surface area contributed by atoms with Crippen LogP contribution in [0.25, 0.3) is 0 Å². The van der Waals surface area contributed by atoms with Crippen LogP contribution in [0.1, 0.15) is 5.69 Å². The van der Waals surface area contributed by atoms with Crippen LogP contribution in [0.5, 0.6) is 0 Å². The van der Waals surface area contributed by atoms with E-state index in [9.17, 15) is 4.39 Å². The van der Waals surface area contributed by atoms with Gasteiger partial charge in [-0.3, -0.25) is 4.68 Å². The van der Waals surface area contributed by atoms with Crippen LogP contribution in [0.4, 0.5) is 10.2 Å². The summed E-state index contributed by atoms with van der Waals surface area (Å²) < 4.78 is 14.3. The Balaban J connectivity index is 2.18. The normalized spacial score (nSPS) is 10.4. The van der Waals surface area contributed by atoms with Crippen molar-refractivity contribution >= 4 is 5.82 Å². The first-order valence-electron chi connectivity index (χ1n) is 4.14. The lowest BCUT2D eigenvalue weighted by molar-refractivity contribution is 0.567. The summed E-state index contributed by atoms with van der Waals surface area (Å²) in [7, 11) is 0. The Hall–Kier alpha value is -1.91. The number of halogens is 1. The summed E-state index contributed by atoms with van der Waals surface area (Å²) in [6.45, 7) is 0.426. The molecule has 0 atom stereocenters. The number of hydrogen-bond donors (Lipinski definition) is 1. The second kappa shape index (κ2) is 3.45. The van der Waals surface area contributed by atoms with Gasteiger partial charge in [-0.05, 0) is 18.2 Å². The van der Waals surface area contributed by atoms with Crippen molar-refractivity contribution in [1.29, 1.82) is 0 Å². The van der Waals surface area contributed by atoms with Crippen LogP contribution in [0.15, 0.2) is 30.5 Å². The molecule has 0 aliphatic heterocycles. The number of hydrogen-bond acceptors (Lipinski definition) is 3. The van der Waals surface area contributed by atoms with Crippen molar-refractivity contribution in [2.24, 2.45) is 0 Å². The molecule has 0 amide bonds. The molecule has 2 aromatic rings. The van der Waals surface area contributed by atoms with Crippen LogP contribution in [0, 0.1) is 5.95 Å². The lowest BCUT2D eigenvalue weighted by Crippen LogP contribution is -2.03. The molecule has 2 N–H and O–H groups in total. The molecule has 5 heteroatoms. The van der Waals surface area contributed by atoms with E-state index in [1.807, 2.05) is 0 Å². The van der Waals surface area contributed by atoms with E-state index in [1.54, 1.807) is 29.1 Å². The minimum absolute atomic E-state index is 0.426. The molecule has 0 aliphatic carbocycles. The second-order valence-corrected chi connectivity index (χ2v) is 2.89. The Morgan fingerprint density at radius 3 is 2.86 bits per heavy atom. The van der Waals surface area contributed by atoms with E-state index in [4.69, 9.17) is 5.73 Å². The Morgan fingerprint density at radius 1 is 1.36 bits per heavy atom. The number of pyridine rings is 1.